The number of aryl methyl sites for hydroxylation is 1. The molecule has 0 N–H and O–H groups in total. The second-order valence-corrected chi connectivity index (χ2v) is 6.85. The van der Waals surface area contributed by atoms with E-state index in [0.717, 1.165) is 30.4 Å². The molecule has 7 heteroatoms. The summed E-state index contributed by atoms with van der Waals surface area (Å²) >= 11 is 0. The third-order valence-electron chi connectivity index (χ3n) is 4.57. The average Bonchev–Trinajstić information content (AvgIpc) is 3.14. The minimum atomic E-state index is -0.268. The van der Waals surface area contributed by atoms with Crippen LogP contribution in [0, 0.1) is 6.92 Å². The van der Waals surface area contributed by atoms with E-state index in [1.54, 1.807) is 10.9 Å². The maximum atomic E-state index is 12.7. The lowest BCUT2D eigenvalue weighted by atomic mass is 10.2. The Morgan fingerprint density at radius 3 is 2.44 bits per heavy atom. The first-order valence-corrected chi connectivity index (χ1v) is 8.84. The van der Waals surface area contributed by atoms with Crippen LogP contribution in [0.1, 0.15) is 44.2 Å². The second kappa shape index (κ2) is 7.21. The van der Waals surface area contributed by atoms with Crippen LogP contribution in [0.2, 0.25) is 0 Å². The number of aromatic nitrogens is 4. The number of anilines is 1. The maximum Gasteiger partial charge on any atom is 0.247 e. The van der Waals surface area contributed by atoms with Crippen LogP contribution in [0.25, 0.3) is 0 Å². The summed E-state index contributed by atoms with van der Waals surface area (Å²) in [5, 5.41) is 4.17. The van der Waals surface area contributed by atoms with Crippen LogP contribution in [-0.2, 0) is 4.79 Å². The van der Waals surface area contributed by atoms with E-state index < -0.39 is 0 Å². The Morgan fingerprint density at radius 2 is 1.84 bits per heavy atom. The lowest BCUT2D eigenvalue weighted by Crippen LogP contribution is -2.50. The predicted octanol–water partition coefficient (Wildman–Crippen LogP) is 2.01. The van der Waals surface area contributed by atoms with Gasteiger partial charge in [0.1, 0.15) is 17.7 Å². The third-order valence-corrected chi connectivity index (χ3v) is 4.57. The minimum Gasteiger partial charge on any atom is -0.353 e. The largest absolute Gasteiger partial charge is 0.353 e. The standard InChI is InChI=1S/C18H26N6O/c1-13(2)17-20-14(3)12-16(21-17)22-8-10-23(11-9-22)18(25)15(4)24-7-5-6-19-24/h5-7,12-13,15H,8-11H2,1-4H3/t15-/m1/s1. The first kappa shape index (κ1) is 17.4. The van der Waals surface area contributed by atoms with E-state index in [-0.39, 0.29) is 11.9 Å². The monoisotopic (exact) mass is 342 g/mol. The smallest absolute Gasteiger partial charge is 0.247 e. The Kier molecular flexibility index (Phi) is 5.01. The van der Waals surface area contributed by atoms with Crippen molar-refractivity contribution in [2.45, 2.75) is 39.7 Å². The van der Waals surface area contributed by atoms with Gasteiger partial charge in [-0.2, -0.15) is 5.10 Å². The second-order valence-electron chi connectivity index (χ2n) is 6.85. The molecule has 1 aliphatic rings. The number of hydrogen-bond donors (Lipinski definition) is 0. The first-order valence-electron chi connectivity index (χ1n) is 8.84. The molecule has 0 saturated carbocycles. The molecule has 1 fully saturated rings. The molecule has 134 valence electrons. The molecule has 1 aliphatic heterocycles. The molecule has 25 heavy (non-hydrogen) atoms. The molecule has 0 bridgehead atoms. The first-order chi connectivity index (χ1) is 12.0. The van der Waals surface area contributed by atoms with Gasteiger partial charge in [0, 0.05) is 56.3 Å². The van der Waals surface area contributed by atoms with Crippen LogP contribution in [0.15, 0.2) is 24.5 Å². The van der Waals surface area contributed by atoms with Gasteiger partial charge in [-0.05, 0) is 19.9 Å². The molecule has 3 heterocycles. The summed E-state index contributed by atoms with van der Waals surface area (Å²) in [6, 6.07) is 3.59. The van der Waals surface area contributed by atoms with Crippen molar-refractivity contribution in [3.63, 3.8) is 0 Å². The van der Waals surface area contributed by atoms with Crippen LogP contribution in [-0.4, -0.2) is 56.7 Å². The summed E-state index contributed by atoms with van der Waals surface area (Å²) in [4.78, 5) is 26.0. The fourth-order valence-corrected chi connectivity index (χ4v) is 3.04. The topological polar surface area (TPSA) is 67.2 Å². The number of nitrogens with zero attached hydrogens (tertiary/aromatic N) is 6. The van der Waals surface area contributed by atoms with Gasteiger partial charge in [0.15, 0.2) is 0 Å². The molecule has 0 radical (unpaired) electrons. The molecule has 1 amide bonds. The fraction of sp³-hybridized carbons (Fsp3) is 0.556. The van der Waals surface area contributed by atoms with Crippen molar-refractivity contribution >= 4 is 11.7 Å². The Hall–Kier alpha value is -2.44. The molecule has 7 nitrogen and oxygen atoms in total. The summed E-state index contributed by atoms with van der Waals surface area (Å²) in [5.74, 6) is 2.26. The van der Waals surface area contributed by atoms with Crippen molar-refractivity contribution in [3.8, 4) is 0 Å². The Labute approximate surface area is 148 Å². The molecule has 2 aromatic heterocycles. The Balaban J connectivity index is 1.65. The van der Waals surface area contributed by atoms with Gasteiger partial charge in [-0.15, -0.1) is 0 Å². The fourth-order valence-electron chi connectivity index (χ4n) is 3.04. The van der Waals surface area contributed by atoms with Gasteiger partial charge < -0.3 is 9.80 Å². The molecular formula is C18H26N6O. The molecule has 3 rings (SSSR count). The number of hydrogen-bond acceptors (Lipinski definition) is 5. The highest BCUT2D eigenvalue weighted by Crippen LogP contribution is 2.19. The summed E-state index contributed by atoms with van der Waals surface area (Å²) in [5.41, 5.74) is 0.986. The number of carbonyl (C=O) groups excluding carboxylic acids is 1. The van der Waals surface area contributed by atoms with Crippen molar-refractivity contribution in [1.29, 1.82) is 0 Å². The van der Waals surface area contributed by atoms with E-state index in [1.807, 2.05) is 37.1 Å². The van der Waals surface area contributed by atoms with Crippen LogP contribution in [0.3, 0.4) is 0 Å². The van der Waals surface area contributed by atoms with Crippen LogP contribution >= 0.6 is 0 Å². The molecule has 0 unspecified atom stereocenters. The van der Waals surface area contributed by atoms with Gasteiger partial charge in [-0.1, -0.05) is 13.8 Å². The van der Waals surface area contributed by atoms with E-state index in [2.05, 4.69) is 28.8 Å². The number of piperazine rings is 1. The van der Waals surface area contributed by atoms with Gasteiger partial charge in [0.25, 0.3) is 0 Å². The van der Waals surface area contributed by atoms with Crippen LogP contribution in [0.4, 0.5) is 5.82 Å². The molecule has 2 aromatic rings. The van der Waals surface area contributed by atoms with Crippen molar-refractivity contribution in [2.75, 3.05) is 31.1 Å². The molecule has 0 aromatic carbocycles. The Morgan fingerprint density at radius 1 is 1.12 bits per heavy atom. The minimum absolute atomic E-state index is 0.116. The quantitative estimate of drug-likeness (QED) is 0.850. The van der Waals surface area contributed by atoms with Crippen LogP contribution in [0.5, 0.6) is 0 Å². The van der Waals surface area contributed by atoms with Crippen molar-refractivity contribution in [2.24, 2.45) is 0 Å². The summed E-state index contributed by atoms with van der Waals surface area (Å²) < 4.78 is 1.71. The molecule has 1 saturated heterocycles. The van der Waals surface area contributed by atoms with E-state index in [1.165, 1.54) is 0 Å². The number of carbonyl (C=O) groups is 1. The van der Waals surface area contributed by atoms with Gasteiger partial charge in [-0.3, -0.25) is 9.48 Å². The zero-order valence-corrected chi connectivity index (χ0v) is 15.4. The van der Waals surface area contributed by atoms with Crippen molar-refractivity contribution in [1.82, 2.24) is 24.6 Å². The maximum absolute atomic E-state index is 12.7. The highest BCUT2D eigenvalue weighted by molar-refractivity contribution is 5.80. The van der Waals surface area contributed by atoms with E-state index in [9.17, 15) is 4.79 Å². The van der Waals surface area contributed by atoms with Gasteiger partial charge >= 0.3 is 0 Å². The highest BCUT2D eigenvalue weighted by Gasteiger charge is 2.26. The third kappa shape index (κ3) is 3.81. The normalized spacial score (nSPS) is 16.4. The van der Waals surface area contributed by atoms with E-state index >= 15 is 0 Å². The number of amides is 1. The summed E-state index contributed by atoms with van der Waals surface area (Å²) in [6.07, 6.45) is 3.53. The highest BCUT2D eigenvalue weighted by atomic mass is 16.2. The average molecular weight is 342 g/mol. The summed E-state index contributed by atoms with van der Waals surface area (Å²) in [7, 11) is 0. The molecule has 0 aliphatic carbocycles. The lowest BCUT2D eigenvalue weighted by molar-refractivity contribution is -0.134. The van der Waals surface area contributed by atoms with Crippen molar-refractivity contribution < 1.29 is 4.79 Å². The van der Waals surface area contributed by atoms with Gasteiger partial charge in [0.2, 0.25) is 5.91 Å². The van der Waals surface area contributed by atoms with Gasteiger partial charge in [-0.25, -0.2) is 9.97 Å². The zero-order chi connectivity index (χ0) is 18.0. The van der Waals surface area contributed by atoms with Crippen LogP contribution < -0.4 is 4.90 Å². The zero-order valence-electron chi connectivity index (χ0n) is 15.4. The molecular weight excluding hydrogens is 316 g/mol. The Bertz CT molecular complexity index is 719. The summed E-state index contributed by atoms with van der Waals surface area (Å²) in [6.45, 7) is 11.1. The molecule has 0 spiro atoms. The molecule has 1 atom stereocenters. The van der Waals surface area contributed by atoms with E-state index in [4.69, 9.17) is 4.98 Å². The SMILES string of the molecule is Cc1cc(N2CCN(C(=O)[C@@H](C)n3cccn3)CC2)nc(C(C)C)n1. The number of rotatable bonds is 4. The van der Waals surface area contributed by atoms with Gasteiger partial charge in [0.05, 0.1) is 0 Å². The van der Waals surface area contributed by atoms with Crippen molar-refractivity contribution in [3.05, 3.63) is 36.0 Å². The predicted molar refractivity (Wildman–Crippen MR) is 96.6 cm³/mol. The van der Waals surface area contributed by atoms with E-state index in [0.29, 0.717) is 19.0 Å². The lowest BCUT2D eigenvalue weighted by Gasteiger charge is -2.36.